The molecule has 0 aliphatic carbocycles. The molecule has 0 saturated carbocycles. The average Bonchev–Trinajstić information content (AvgIpc) is 2.69. The van der Waals surface area contributed by atoms with Crippen molar-refractivity contribution in [3.63, 3.8) is 0 Å². The highest BCUT2D eigenvalue weighted by Gasteiger charge is 2.41. The minimum absolute atomic E-state index is 0.0314. The Hall–Kier alpha value is -0.870. The fourth-order valence-electron chi connectivity index (χ4n) is 1.96. The molecule has 0 bridgehead atoms. The van der Waals surface area contributed by atoms with Crippen LogP contribution >= 0.6 is 11.3 Å². The van der Waals surface area contributed by atoms with Crippen molar-refractivity contribution in [3.05, 3.63) is 22.4 Å². The molecule has 1 saturated heterocycles. The van der Waals surface area contributed by atoms with Gasteiger partial charge in [0.15, 0.2) is 0 Å². The van der Waals surface area contributed by atoms with Gasteiger partial charge in [0.2, 0.25) is 5.91 Å². The molecule has 0 aromatic carbocycles. The highest BCUT2D eigenvalue weighted by molar-refractivity contribution is 7.10. The van der Waals surface area contributed by atoms with Gasteiger partial charge in [-0.05, 0) is 25.3 Å². The van der Waals surface area contributed by atoms with E-state index in [4.69, 9.17) is 4.74 Å². The number of amides is 1. The van der Waals surface area contributed by atoms with Crippen molar-refractivity contribution in [1.29, 1.82) is 0 Å². The number of rotatable bonds is 1. The van der Waals surface area contributed by atoms with Gasteiger partial charge in [0.05, 0.1) is 6.54 Å². The smallest absolute Gasteiger partial charge is 0.221 e. The molecule has 2 rings (SSSR count). The summed E-state index contributed by atoms with van der Waals surface area (Å²) in [6.07, 6.45) is 0.0314. The van der Waals surface area contributed by atoms with Gasteiger partial charge < -0.3 is 9.64 Å². The Kier molecular flexibility index (Phi) is 2.56. The van der Waals surface area contributed by atoms with E-state index < -0.39 is 5.72 Å². The maximum absolute atomic E-state index is 11.4. The SMILES string of the molecule is CC(=O)N1CC(c2cccs2)OC1(C)C. The lowest BCUT2D eigenvalue weighted by Gasteiger charge is -2.28. The Morgan fingerprint density at radius 3 is 2.87 bits per heavy atom. The van der Waals surface area contributed by atoms with Crippen molar-refractivity contribution in [2.75, 3.05) is 6.54 Å². The van der Waals surface area contributed by atoms with Gasteiger partial charge in [0.1, 0.15) is 11.8 Å². The zero-order valence-electron chi connectivity index (χ0n) is 9.19. The Labute approximate surface area is 93.7 Å². The first-order valence-electron chi connectivity index (χ1n) is 5.00. The Bertz CT molecular complexity index is 359. The van der Waals surface area contributed by atoms with Gasteiger partial charge in [0, 0.05) is 11.8 Å². The number of thiophene rings is 1. The topological polar surface area (TPSA) is 29.5 Å². The first-order valence-corrected chi connectivity index (χ1v) is 5.88. The summed E-state index contributed by atoms with van der Waals surface area (Å²) < 4.78 is 5.88. The van der Waals surface area contributed by atoms with Crippen molar-refractivity contribution in [1.82, 2.24) is 4.90 Å². The van der Waals surface area contributed by atoms with Crippen LogP contribution in [0.15, 0.2) is 17.5 Å². The molecule has 0 spiro atoms. The second-order valence-corrected chi connectivity index (χ2v) is 5.18. The van der Waals surface area contributed by atoms with Gasteiger partial charge in [0.25, 0.3) is 0 Å². The molecule has 1 fully saturated rings. The van der Waals surface area contributed by atoms with Crippen LogP contribution in [0.1, 0.15) is 31.8 Å². The highest BCUT2D eigenvalue weighted by atomic mass is 32.1. The number of hydrogen-bond donors (Lipinski definition) is 0. The molecule has 15 heavy (non-hydrogen) atoms. The number of ether oxygens (including phenoxy) is 1. The number of hydrogen-bond acceptors (Lipinski definition) is 3. The summed E-state index contributed by atoms with van der Waals surface area (Å²) >= 11 is 1.67. The number of carbonyl (C=O) groups excluding carboxylic acids is 1. The van der Waals surface area contributed by atoms with Crippen molar-refractivity contribution in [2.24, 2.45) is 0 Å². The van der Waals surface area contributed by atoms with Crippen molar-refractivity contribution in [3.8, 4) is 0 Å². The maximum atomic E-state index is 11.4. The van der Waals surface area contributed by atoms with E-state index in [1.807, 2.05) is 25.3 Å². The zero-order chi connectivity index (χ0) is 11.1. The van der Waals surface area contributed by atoms with Gasteiger partial charge >= 0.3 is 0 Å². The standard InChI is InChI=1S/C11H15NO2S/c1-8(13)12-7-9(14-11(12,2)3)10-5-4-6-15-10/h4-6,9H,7H2,1-3H3. The minimum Gasteiger partial charge on any atom is -0.346 e. The van der Waals surface area contributed by atoms with E-state index in [0.717, 1.165) is 0 Å². The zero-order valence-corrected chi connectivity index (χ0v) is 10.0. The first kappa shape index (κ1) is 10.6. The Morgan fingerprint density at radius 1 is 1.67 bits per heavy atom. The molecule has 1 aromatic heterocycles. The molecule has 1 aliphatic heterocycles. The van der Waals surface area contributed by atoms with E-state index in [1.54, 1.807) is 23.2 Å². The average molecular weight is 225 g/mol. The fraction of sp³-hybridized carbons (Fsp3) is 0.545. The van der Waals surface area contributed by atoms with Crippen molar-refractivity contribution >= 4 is 17.2 Å². The van der Waals surface area contributed by atoms with E-state index in [0.29, 0.717) is 6.54 Å². The molecule has 0 N–H and O–H groups in total. The fourth-order valence-corrected chi connectivity index (χ4v) is 2.71. The van der Waals surface area contributed by atoms with Crippen LogP contribution in [0.5, 0.6) is 0 Å². The van der Waals surface area contributed by atoms with Crippen LogP contribution in [0.25, 0.3) is 0 Å². The van der Waals surface area contributed by atoms with Gasteiger partial charge in [-0.1, -0.05) is 6.07 Å². The van der Waals surface area contributed by atoms with Gasteiger partial charge in [-0.15, -0.1) is 11.3 Å². The Balaban J connectivity index is 2.19. The molecule has 3 nitrogen and oxygen atoms in total. The maximum Gasteiger partial charge on any atom is 0.221 e. The summed E-state index contributed by atoms with van der Waals surface area (Å²) in [4.78, 5) is 14.4. The first-order chi connectivity index (χ1) is 7.00. The molecular weight excluding hydrogens is 210 g/mol. The summed E-state index contributed by atoms with van der Waals surface area (Å²) in [5.74, 6) is 0.0686. The second-order valence-electron chi connectivity index (χ2n) is 4.20. The van der Waals surface area contributed by atoms with Crippen LogP contribution in [0.3, 0.4) is 0 Å². The highest BCUT2D eigenvalue weighted by Crippen LogP contribution is 2.37. The van der Waals surface area contributed by atoms with Gasteiger partial charge in [-0.2, -0.15) is 0 Å². The minimum atomic E-state index is -0.486. The molecular formula is C11H15NO2S. The van der Waals surface area contributed by atoms with Gasteiger partial charge in [-0.25, -0.2) is 0 Å². The van der Waals surface area contributed by atoms with Crippen LogP contribution in [0.4, 0.5) is 0 Å². The number of nitrogens with zero attached hydrogens (tertiary/aromatic N) is 1. The van der Waals surface area contributed by atoms with Crippen molar-refractivity contribution < 1.29 is 9.53 Å². The van der Waals surface area contributed by atoms with Crippen LogP contribution < -0.4 is 0 Å². The second kappa shape index (κ2) is 3.61. The quantitative estimate of drug-likeness (QED) is 0.734. The van der Waals surface area contributed by atoms with Crippen LogP contribution in [-0.2, 0) is 9.53 Å². The molecule has 1 aliphatic rings. The third-order valence-corrected chi connectivity index (χ3v) is 3.63. The lowest BCUT2D eigenvalue weighted by molar-refractivity contribution is -0.143. The van der Waals surface area contributed by atoms with E-state index >= 15 is 0 Å². The van der Waals surface area contributed by atoms with E-state index in [9.17, 15) is 4.79 Å². The predicted molar refractivity (Wildman–Crippen MR) is 59.6 cm³/mol. The summed E-state index contributed by atoms with van der Waals surface area (Å²) in [5, 5.41) is 2.03. The lowest BCUT2D eigenvalue weighted by Crippen LogP contribution is -2.42. The van der Waals surface area contributed by atoms with Crippen LogP contribution in [-0.4, -0.2) is 23.1 Å². The molecule has 1 aromatic rings. The summed E-state index contributed by atoms with van der Waals surface area (Å²) in [6.45, 7) is 6.11. The third kappa shape index (κ3) is 1.92. The van der Waals surface area contributed by atoms with E-state index in [2.05, 4.69) is 6.07 Å². The molecule has 82 valence electrons. The predicted octanol–water partition coefficient (Wildman–Crippen LogP) is 2.40. The van der Waals surface area contributed by atoms with E-state index in [1.165, 1.54) is 4.88 Å². The summed E-state index contributed by atoms with van der Waals surface area (Å²) in [5.41, 5.74) is -0.486. The molecule has 1 unspecified atom stereocenters. The summed E-state index contributed by atoms with van der Waals surface area (Å²) in [6, 6.07) is 4.06. The largest absolute Gasteiger partial charge is 0.346 e. The molecule has 1 amide bonds. The molecule has 1 atom stereocenters. The molecule has 0 radical (unpaired) electrons. The lowest BCUT2D eigenvalue weighted by atomic mass is 10.2. The van der Waals surface area contributed by atoms with Crippen LogP contribution in [0, 0.1) is 0 Å². The number of carbonyl (C=O) groups is 1. The monoisotopic (exact) mass is 225 g/mol. The Morgan fingerprint density at radius 2 is 2.40 bits per heavy atom. The third-order valence-electron chi connectivity index (χ3n) is 2.67. The normalized spacial score (nSPS) is 24.5. The molecule has 2 heterocycles. The van der Waals surface area contributed by atoms with Crippen molar-refractivity contribution in [2.45, 2.75) is 32.6 Å². The van der Waals surface area contributed by atoms with E-state index in [-0.39, 0.29) is 12.0 Å². The van der Waals surface area contributed by atoms with Crippen LogP contribution in [0.2, 0.25) is 0 Å². The summed E-state index contributed by atoms with van der Waals surface area (Å²) in [7, 11) is 0. The molecule has 4 heteroatoms. The van der Waals surface area contributed by atoms with Gasteiger partial charge in [-0.3, -0.25) is 4.79 Å².